The lowest BCUT2D eigenvalue weighted by Gasteiger charge is -2.17. The van der Waals surface area contributed by atoms with E-state index in [2.05, 4.69) is 10.6 Å². The maximum Gasteiger partial charge on any atom is 0.326 e. The van der Waals surface area contributed by atoms with Crippen molar-refractivity contribution in [3.05, 3.63) is 0 Å². The molecule has 2 amide bonds. The Bertz CT molecular complexity index is 236. The predicted octanol–water partition coefficient (Wildman–Crippen LogP) is 1.29. The molecule has 5 nitrogen and oxygen atoms in total. The van der Waals surface area contributed by atoms with Crippen LogP contribution in [0.25, 0.3) is 0 Å². The second kappa shape index (κ2) is 8.27. The van der Waals surface area contributed by atoms with Crippen LogP contribution in [0.5, 0.6) is 0 Å². The van der Waals surface area contributed by atoms with Crippen LogP contribution in [0.4, 0.5) is 4.79 Å². The van der Waals surface area contributed by atoms with E-state index in [-0.39, 0.29) is 6.04 Å². The van der Waals surface area contributed by atoms with Crippen molar-refractivity contribution < 1.29 is 14.7 Å². The van der Waals surface area contributed by atoms with Gasteiger partial charge in [0.05, 0.1) is 0 Å². The van der Waals surface area contributed by atoms with E-state index < -0.39 is 18.0 Å². The molecule has 94 valence electrons. The van der Waals surface area contributed by atoms with Gasteiger partial charge in [-0.25, -0.2) is 9.59 Å². The van der Waals surface area contributed by atoms with Crippen molar-refractivity contribution in [1.82, 2.24) is 10.6 Å². The molecule has 0 bridgehead atoms. The van der Waals surface area contributed by atoms with Crippen molar-refractivity contribution in [2.24, 2.45) is 0 Å². The molecule has 16 heavy (non-hydrogen) atoms. The molecule has 6 heteroatoms. The van der Waals surface area contributed by atoms with Crippen molar-refractivity contribution in [2.45, 2.75) is 38.8 Å². The molecule has 0 aliphatic carbocycles. The van der Waals surface area contributed by atoms with Gasteiger partial charge in [-0.3, -0.25) is 0 Å². The number of carboxylic acids is 1. The number of carboxylic acid groups (broad SMARTS) is 1. The smallest absolute Gasteiger partial charge is 0.326 e. The van der Waals surface area contributed by atoms with Crippen LogP contribution in [0, 0.1) is 0 Å². The van der Waals surface area contributed by atoms with Gasteiger partial charge in [0.1, 0.15) is 6.04 Å². The van der Waals surface area contributed by atoms with E-state index in [0.29, 0.717) is 12.2 Å². The zero-order valence-corrected chi connectivity index (χ0v) is 10.8. The molecule has 0 aromatic rings. The topological polar surface area (TPSA) is 78.4 Å². The number of amides is 2. The maximum absolute atomic E-state index is 11.4. The summed E-state index contributed by atoms with van der Waals surface area (Å²) in [6, 6.07) is -1.17. The Morgan fingerprint density at radius 3 is 2.44 bits per heavy atom. The Kier molecular flexibility index (Phi) is 7.80. The highest BCUT2D eigenvalue weighted by atomic mass is 32.2. The van der Waals surface area contributed by atoms with Crippen molar-refractivity contribution in [1.29, 1.82) is 0 Å². The van der Waals surface area contributed by atoms with Gasteiger partial charge in [-0.15, -0.1) is 0 Å². The lowest BCUT2D eigenvalue weighted by Crippen LogP contribution is -2.48. The Balaban J connectivity index is 4.07. The Morgan fingerprint density at radius 1 is 1.38 bits per heavy atom. The molecule has 0 aliphatic heterocycles. The number of carbonyl (C=O) groups is 2. The van der Waals surface area contributed by atoms with Gasteiger partial charge in [-0.2, -0.15) is 11.8 Å². The van der Waals surface area contributed by atoms with Crippen molar-refractivity contribution in [3.8, 4) is 0 Å². The van der Waals surface area contributed by atoms with Crippen LogP contribution < -0.4 is 10.6 Å². The third kappa shape index (κ3) is 6.55. The highest BCUT2D eigenvalue weighted by Gasteiger charge is 2.19. The van der Waals surface area contributed by atoms with Gasteiger partial charge in [0.2, 0.25) is 0 Å². The van der Waals surface area contributed by atoms with Crippen LogP contribution in [-0.2, 0) is 4.79 Å². The number of rotatable bonds is 7. The number of urea groups is 1. The molecule has 0 unspecified atom stereocenters. The minimum Gasteiger partial charge on any atom is -0.480 e. The first-order valence-corrected chi connectivity index (χ1v) is 6.69. The monoisotopic (exact) mass is 248 g/mol. The number of thioether (sulfide) groups is 1. The third-order valence-corrected chi connectivity index (χ3v) is 2.85. The highest BCUT2D eigenvalue weighted by molar-refractivity contribution is 7.98. The Morgan fingerprint density at radius 2 is 2.00 bits per heavy atom. The summed E-state index contributed by atoms with van der Waals surface area (Å²) in [6.07, 6.45) is 3.15. The van der Waals surface area contributed by atoms with E-state index >= 15 is 0 Å². The molecule has 0 heterocycles. The number of hydrogen-bond acceptors (Lipinski definition) is 3. The third-order valence-electron chi connectivity index (χ3n) is 2.20. The number of hydrogen-bond donors (Lipinski definition) is 3. The minimum atomic E-state index is -0.992. The van der Waals surface area contributed by atoms with Crippen molar-refractivity contribution >= 4 is 23.8 Å². The zero-order valence-electron chi connectivity index (χ0n) is 9.95. The summed E-state index contributed by atoms with van der Waals surface area (Å²) in [5.74, 6) is -0.283. The fourth-order valence-electron chi connectivity index (χ4n) is 1.02. The molecule has 0 aromatic heterocycles. The van der Waals surface area contributed by atoms with E-state index in [9.17, 15) is 9.59 Å². The lowest BCUT2D eigenvalue weighted by molar-refractivity contribution is -0.139. The van der Waals surface area contributed by atoms with Gasteiger partial charge in [-0.1, -0.05) is 6.92 Å². The summed E-state index contributed by atoms with van der Waals surface area (Å²) in [6.45, 7) is 3.82. The Hall–Kier alpha value is -0.910. The van der Waals surface area contributed by atoms with E-state index in [1.165, 1.54) is 0 Å². The summed E-state index contributed by atoms with van der Waals surface area (Å²) < 4.78 is 0. The van der Waals surface area contributed by atoms with Crippen LogP contribution in [0.1, 0.15) is 26.7 Å². The van der Waals surface area contributed by atoms with Crippen molar-refractivity contribution in [3.63, 3.8) is 0 Å². The van der Waals surface area contributed by atoms with Crippen LogP contribution in [0.3, 0.4) is 0 Å². The molecule has 0 aliphatic rings. The van der Waals surface area contributed by atoms with Crippen molar-refractivity contribution in [2.75, 3.05) is 12.0 Å². The zero-order chi connectivity index (χ0) is 12.6. The van der Waals surface area contributed by atoms with Gasteiger partial charge in [0, 0.05) is 6.04 Å². The first-order valence-electron chi connectivity index (χ1n) is 5.30. The second-order valence-corrected chi connectivity index (χ2v) is 4.58. The van der Waals surface area contributed by atoms with E-state index in [0.717, 1.165) is 6.42 Å². The standard InChI is InChI=1S/C10H20N2O3S/c1-4-7(2)11-10(15)12-8(9(13)14)5-6-16-3/h7-8H,4-6H2,1-3H3,(H,13,14)(H2,11,12,15)/t7-,8+/m1/s1. The first-order chi connectivity index (χ1) is 7.51. The minimum absolute atomic E-state index is 0.0509. The Labute approximate surface area is 100 Å². The number of carbonyl (C=O) groups excluding carboxylic acids is 1. The molecular weight excluding hydrogens is 228 g/mol. The average Bonchev–Trinajstić information content (AvgIpc) is 2.23. The lowest BCUT2D eigenvalue weighted by atomic mass is 10.2. The summed E-state index contributed by atoms with van der Waals surface area (Å²) in [7, 11) is 0. The molecule has 0 fully saturated rings. The van der Waals surface area contributed by atoms with Gasteiger partial charge in [0.15, 0.2) is 0 Å². The van der Waals surface area contributed by atoms with Crippen LogP contribution in [0.2, 0.25) is 0 Å². The second-order valence-electron chi connectivity index (χ2n) is 3.60. The van der Waals surface area contributed by atoms with Gasteiger partial charge in [0.25, 0.3) is 0 Å². The number of nitrogens with one attached hydrogen (secondary N) is 2. The maximum atomic E-state index is 11.4. The SMILES string of the molecule is CC[C@@H](C)NC(=O)N[C@@H](CCSC)C(=O)O. The van der Waals surface area contributed by atoms with E-state index in [1.54, 1.807) is 11.8 Å². The van der Waals surface area contributed by atoms with Gasteiger partial charge >= 0.3 is 12.0 Å². The van der Waals surface area contributed by atoms with Gasteiger partial charge < -0.3 is 15.7 Å². The predicted molar refractivity (Wildman–Crippen MR) is 65.8 cm³/mol. The molecule has 0 aromatic carbocycles. The molecule has 2 atom stereocenters. The average molecular weight is 248 g/mol. The van der Waals surface area contributed by atoms with Crippen LogP contribution in [-0.4, -0.2) is 41.2 Å². The molecule has 0 rings (SSSR count). The summed E-state index contributed by atoms with van der Waals surface area (Å²) in [5, 5.41) is 14.0. The fourth-order valence-corrected chi connectivity index (χ4v) is 1.49. The molecule has 0 radical (unpaired) electrons. The van der Waals surface area contributed by atoms with Crippen LogP contribution >= 0.6 is 11.8 Å². The molecule has 0 saturated heterocycles. The first kappa shape index (κ1) is 15.1. The van der Waals surface area contributed by atoms with E-state index in [1.807, 2.05) is 20.1 Å². The molecule has 3 N–H and O–H groups in total. The normalized spacial score (nSPS) is 13.9. The summed E-state index contributed by atoms with van der Waals surface area (Å²) in [4.78, 5) is 22.2. The van der Waals surface area contributed by atoms with Gasteiger partial charge in [-0.05, 0) is 31.8 Å². The fraction of sp³-hybridized carbons (Fsp3) is 0.800. The largest absolute Gasteiger partial charge is 0.480 e. The quantitative estimate of drug-likeness (QED) is 0.634. The molecule has 0 saturated carbocycles. The molecular formula is C10H20N2O3S. The van der Waals surface area contributed by atoms with Crippen LogP contribution in [0.15, 0.2) is 0 Å². The van der Waals surface area contributed by atoms with E-state index in [4.69, 9.17) is 5.11 Å². The summed E-state index contributed by atoms with van der Waals surface area (Å²) in [5.41, 5.74) is 0. The highest BCUT2D eigenvalue weighted by Crippen LogP contribution is 2.01. The summed E-state index contributed by atoms with van der Waals surface area (Å²) >= 11 is 1.56. The molecule has 0 spiro atoms. The number of aliphatic carboxylic acids is 1.